The second-order valence-corrected chi connectivity index (χ2v) is 4.67. The van der Waals surface area contributed by atoms with Crippen molar-refractivity contribution in [2.75, 3.05) is 0 Å². The van der Waals surface area contributed by atoms with E-state index in [1.54, 1.807) is 0 Å². The van der Waals surface area contributed by atoms with Crippen molar-refractivity contribution in [3.8, 4) is 0 Å². The van der Waals surface area contributed by atoms with E-state index in [4.69, 9.17) is 10.5 Å². The molecule has 0 aliphatic heterocycles. The largest absolute Gasteiger partial charge is 0.452 e. The zero-order valence-electron chi connectivity index (χ0n) is 10.4. The fraction of sp³-hybridized carbons (Fsp3) is 0.429. The summed E-state index contributed by atoms with van der Waals surface area (Å²) in [6.07, 6.45) is 2.70. The molecule has 0 saturated carbocycles. The van der Waals surface area contributed by atoms with Crippen molar-refractivity contribution in [3.05, 3.63) is 34.9 Å². The number of esters is 1. The number of ether oxygens (including phenoxy) is 1. The van der Waals surface area contributed by atoms with Gasteiger partial charge in [-0.2, -0.15) is 0 Å². The quantitative estimate of drug-likeness (QED) is 0.811. The third-order valence-corrected chi connectivity index (χ3v) is 3.22. The number of hydrogen-bond acceptors (Lipinski definition) is 3. The van der Waals surface area contributed by atoms with E-state index in [1.807, 2.05) is 6.07 Å². The lowest BCUT2D eigenvalue weighted by Crippen LogP contribution is -2.30. The zero-order chi connectivity index (χ0) is 13.1. The van der Waals surface area contributed by atoms with Crippen LogP contribution in [0.15, 0.2) is 18.2 Å². The van der Waals surface area contributed by atoms with Crippen LogP contribution < -0.4 is 5.73 Å². The number of rotatable bonds is 4. The highest BCUT2D eigenvalue weighted by Gasteiger charge is 2.16. The molecule has 4 heteroatoms. The normalized spacial score (nSPS) is 14.9. The topological polar surface area (TPSA) is 69.4 Å². The highest BCUT2D eigenvalue weighted by Crippen LogP contribution is 2.23. The number of amides is 1. The number of carbonyl (C=O) groups is 2. The van der Waals surface area contributed by atoms with Crippen LogP contribution >= 0.6 is 0 Å². The van der Waals surface area contributed by atoms with Gasteiger partial charge < -0.3 is 10.5 Å². The van der Waals surface area contributed by atoms with Gasteiger partial charge >= 0.3 is 5.97 Å². The van der Waals surface area contributed by atoms with E-state index in [0.29, 0.717) is 0 Å². The van der Waals surface area contributed by atoms with Crippen LogP contribution in [0.5, 0.6) is 0 Å². The molecule has 0 bridgehead atoms. The van der Waals surface area contributed by atoms with Crippen LogP contribution in [-0.4, -0.2) is 18.0 Å². The molecule has 0 aromatic heterocycles. The molecule has 0 spiro atoms. The van der Waals surface area contributed by atoms with Crippen LogP contribution in [0.3, 0.4) is 0 Å². The van der Waals surface area contributed by atoms with Gasteiger partial charge in [0, 0.05) is 0 Å². The fourth-order valence-electron chi connectivity index (χ4n) is 2.20. The minimum absolute atomic E-state index is 0.185. The van der Waals surface area contributed by atoms with E-state index in [2.05, 4.69) is 12.1 Å². The lowest BCUT2D eigenvalue weighted by Gasteiger charge is -2.10. The molecular formula is C14H17NO3. The Kier molecular flexibility index (Phi) is 3.65. The average molecular weight is 247 g/mol. The monoisotopic (exact) mass is 247 g/mol. The molecule has 0 fully saturated rings. The molecule has 0 unspecified atom stereocenters. The summed E-state index contributed by atoms with van der Waals surface area (Å²) in [4.78, 5) is 22.4. The van der Waals surface area contributed by atoms with Gasteiger partial charge in [0.25, 0.3) is 5.91 Å². The van der Waals surface area contributed by atoms with Crippen LogP contribution in [0.25, 0.3) is 0 Å². The molecule has 2 rings (SSSR count). The Morgan fingerprint density at radius 2 is 2.06 bits per heavy atom. The zero-order valence-corrected chi connectivity index (χ0v) is 10.4. The Bertz CT molecular complexity index is 482. The Balaban J connectivity index is 1.97. The van der Waals surface area contributed by atoms with Gasteiger partial charge in [-0.3, -0.25) is 9.59 Å². The Morgan fingerprint density at radius 1 is 1.33 bits per heavy atom. The van der Waals surface area contributed by atoms with Crippen LogP contribution in [0.2, 0.25) is 0 Å². The summed E-state index contributed by atoms with van der Waals surface area (Å²) in [5, 5.41) is 0. The van der Waals surface area contributed by atoms with Crippen molar-refractivity contribution in [2.45, 2.75) is 38.7 Å². The first-order chi connectivity index (χ1) is 8.56. The molecule has 0 saturated heterocycles. The van der Waals surface area contributed by atoms with E-state index in [1.165, 1.54) is 24.5 Å². The van der Waals surface area contributed by atoms with Crippen molar-refractivity contribution < 1.29 is 14.3 Å². The van der Waals surface area contributed by atoms with E-state index in [0.717, 1.165) is 18.4 Å². The summed E-state index contributed by atoms with van der Waals surface area (Å²) in [6, 6.07) is 6.07. The van der Waals surface area contributed by atoms with Gasteiger partial charge in [-0.25, -0.2) is 0 Å². The van der Waals surface area contributed by atoms with Crippen LogP contribution in [0.4, 0.5) is 0 Å². The molecule has 1 atom stereocenters. The first-order valence-corrected chi connectivity index (χ1v) is 6.16. The summed E-state index contributed by atoms with van der Waals surface area (Å²) in [7, 11) is 0. The molecule has 1 aromatic carbocycles. The second kappa shape index (κ2) is 5.21. The predicted octanol–water partition coefficient (Wildman–Crippen LogP) is 1.13. The molecule has 96 valence electrons. The Hall–Kier alpha value is -1.84. The molecule has 1 amide bonds. The first kappa shape index (κ1) is 12.6. The summed E-state index contributed by atoms with van der Waals surface area (Å²) in [5.74, 6) is -1.04. The molecule has 0 radical (unpaired) electrons. The molecule has 18 heavy (non-hydrogen) atoms. The highest BCUT2D eigenvalue weighted by atomic mass is 16.5. The van der Waals surface area contributed by atoms with Crippen LogP contribution in [-0.2, 0) is 33.6 Å². The number of fused-ring (bicyclic) bond motifs is 1. The van der Waals surface area contributed by atoms with Gasteiger partial charge in [0.2, 0.25) is 0 Å². The highest BCUT2D eigenvalue weighted by molar-refractivity contribution is 5.82. The summed E-state index contributed by atoms with van der Waals surface area (Å²) >= 11 is 0. The fourth-order valence-corrected chi connectivity index (χ4v) is 2.20. The predicted molar refractivity (Wildman–Crippen MR) is 66.9 cm³/mol. The van der Waals surface area contributed by atoms with Gasteiger partial charge in [-0.05, 0) is 42.9 Å². The Morgan fingerprint density at radius 3 is 2.78 bits per heavy atom. The van der Waals surface area contributed by atoms with E-state index < -0.39 is 18.0 Å². The third-order valence-electron chi connectivity index (χ3n) is 3.22. The second-order valence-electron chi connectivity index (χ2n) is 4.67. The summed E-state index contributed by atoms with van der Waals surface area (Å²) in [5.41, 5.74) is 8.66. The number of primary amides is 1. The molecule has 2 N–H and O–H groups in total. The van der Waals surface area contributed by atoms with Gasteiger partial charge in [0.15, 0.2) is 6.10 Å². The number of hydrogen-bond donors (Lipinski definition) is 1. The van der Waals surface area contributed by atoms with Gasteiger partial charge in [-0.15, -0.1) is 0 Å². The number of nitrogens with two attached hydrogens (primary N) is 1. The molecule has 1 aromatic rings. The maximum atomic E-state index is 11.6. The molecular weight excluding hydrogens is 230 g/mol. The summed E-state index contributed by atoms with van der Waals surface area (Å²) < 4.78 is 4.92. The molecule has 0 heterocycles. The van der Waals surface area contributed by atoms with Crippen molar-refractivity contribution in [3.63, 3.8) is 0 Å². The van der Waals surface area contributed by atoms with E-state index >= 15 is 0 Å². The van der Waals surface area contributed by atoms with Gasteiger partial charge in [-0.1, -0.05) is 18.2 Å². The smallest absolute Gasteiger partial charge is 0.311 e. The average Bonchev–Trinajstić information content (AvgIpc) is 2.75. The number of benzene rings is 1. The molecule has 4 nitrogen and oxygen atoms in total. The van der Waals surface area contributed by atoms with E-state index in [-0.39, 0.29) is 6.42 Å². The maximum Gasteiger partial charge on any atom is 0.311 e. The van der Waals surface area contributed by atoms with Crippen molar-refractivity contribution in [2.24, 2.45) is 5.73 Å². The van der Waals surface area contributed by atoms with Gasteiger partial charge in [0.1, 0.15) is 0 Å². The minimum atomic E-state index is -0.869. The lowest BCUT2D eigenvalue weighted by atomic mass is 10.0. The Labute approximate surface area is 106 Å². The number of carbonyl (C=O) groups excluding carboxylic acids is 2. The van der Waals surface area contributed by atoms with Gasteiger partial charge in [0.05, 0.1) is 6.42 Å². The maximum absolute atomic E-state index is 11.6. The van der Waals surface area contributed by atoms with Crippen LogP contribution in [0.1, 0.15) is 30.0 Å². The molecule has 1 aliphatic carbocycles. The lowest BCUT2D eigenvalue weighted by molar-refractivity contribution is -0.153. The van der Waals surface area contributed by atoms with Crippen LogP contribution in [0, 0.1) is 0 Å². The molecule has 1 aliphatic rings. The first-order valence-electron chi connectivity index (χ1n) is 6.16. The van der Waals surface area contributed by atoms with Crippen molar-refractivity contribution in [1.82, 2.24) is 0 Å². The SMILES string of the molecule is C[C@H](OC(=O)Cc1ccc2c(c1)CCC2)C(N)=O. The van der Waals surface area contributed by atoms with E-state index in [9.17, 15) is 9.59 Å². The number of aryl methyl sites for hydroxylation is 2. The summed E-state index contributed by atoms with van der Waals surface area (Å²) in [6.45, 7) is 1.48. The van der Waals surface area contributed by atoms with Crippen molar-refractivity contribution >= 4 is 11.9 Å². The minimum Gasteiger partial charge on any atom is -0.452 e. The standard InChI is InChI=1S/C14H17NO3/c1-9(14(15)17)18-13(16)8-10-5-6-11-3-2-4-12(11)7-10/h5-7,9H,2-4,8H2,1H3,(H2,15,17)/t9-/m0/s1. The third kappa shape index (κ3) is 2.88. The van der Waals surface area contributed by atoms with Crippen molar-refractivity contribution in [1.29, 1.82) is 0 Å².